The molecule has 0 aliphatic rings. The largest absolute Gasteiger partial charge is 0.386 e. The molecule has 0 bridgehead atoms. The van der Waals surface area contributed by atoms with E-state index in [9.17, 15) is 9.59 Å². The predicted octanol–water partition coefficient (Wildman–Crippen LogP) is 6.20. The molecule has 5 heteroatoms. The lowest BCUT2D eigenvalue weighted by Crippen LogP contribution is -2.15. The lowest BCUT2D eigenvalue weighted by Gasteiger charge is -2.09. The average molecular weight is 578 g/mol. The van der Waals surface area contributed by atoms with E-state index in [1.54, 1.807) is 12.1 Å². The molecule has 0 saturated heterocycles. The zero-order valence-corrected chi connectivity index (χ0v) is 18.2. The van der Waals surface area contributed by atoms with Gasteiger partial charge in [-0.15, -0.1) is 0 Å². The molecule has 0 aromatic heterocycles. The molecule has 0 heterocycles. The molecule has 0 atom stereocenters. The number of carbonyl (C=O) groups excluding carboxylic acids is 2. The Kier molecular flexibility index (Phi) is 5.14. The molecule has 0 saturated carbocycles. The van der Waals surface area contributed by atoms with E-state index in [1.807, 2.05) is 60.7 Å². The molecule has 0 radical (unpaired) electrons. The monoisotopic (exact) mass is 578 g/mol. The molecule has 4 aromatic carbocycles. The number of hydrogen-bond donors (Lipinski definition) is 0. The summed E-state index contributed by atoms with van der Waals surface area (Å²) in [7, 11) is 0. The summed E-state index contributed by atoms with van der Waals surface area (Å²) < 4.78 is 6.74. The predicted molar refractivity (Wildman–Crippen MR) is 123 cm³/mol. The molecular formula is C22H12I2O3. The van der Waals surface area contributed by atoms with Gasteiger partial charge in [0, 0.05) is 7.14 Å². The molecule has 0 aliphatic carbocycles. The van der Waals surface area contributed by atoms with Gasteiger partial charge in [-0.1, -0.05) is 60.7 Å². The van der Waals surface area contributed by atoms with Crippen LogP contribution in [0.5, 0.6) is 0 Å². The highest BCUT2D eigenvalue weighted by Gasteiger charge is 2.21. The highest BCUT2D eigenvalue weighted by atomic mass is 127. The van der Waals surface area contributed by atoms with E-state index >= 15 is 0 Å². The van der Waals surface area contributed by atoms with Crippen molar-refractivity contribution in [2.75, 3.05) is 0 Å². The van der Waals surface area contributed by atoms with Crippen molar-refractivity contribution < 1.29 is 14.3 Å². The number of ether oxygens (including phenoxy) is 1. The van der Waals surface area contributed by atoms with Crippen LogP contribution in [0.4, 0.5) is 0 Å². The maximum Gasteiger partial charge on any atom is 0.347 e. The second-order valence-corrected chi connectivity index (χ2v) is 8.13. The van der Waals surface area contributed by atoms with Crippen molar-refractivity contribution in [3.05, 3.63) is 91.1 Å². The van der Waals surface area contributed by atoms with Crippen LogP contribution in [-0.2, 0) is 4.74 Å². The van der Waals surface area contributed by atoms with Crippen LogP contribution in [-0.4, -0.2) is 11.9 Å². The minimum atomic E-state index is -0.640. The Labute approximate surface area is 183 Å². The van der Waals surface area contributed by atoms with Crippen molar-refractivity contribution in [1.82, 2.24) is 0 Å². The highest BCUT2D eigenvalue weighted by Crippen LogP contribution is 2.27. The minimum absolute atomic E-state index is 0.387. The van der Waals surface area contributed by atoms with Gasteiger partial charge in [-0.2, -0.15) is 0 Å². The van der Waals surface area contributed by atoms with E-state index in [4.69, 9.17) is 4.74 Å². The standard InChI is InChI=1S/C22H12I2O3/c23-19-15-7-3-1-5-13(15)9-11-17(19)21(25)27-22(26)18-12-10-14-6-2-4-8-16(14)20(18)24/h1-12H. The van der Waals surface area contributed by atoms with Crippen LogP contribution in [0.2, 0.25) is 0 Å². The molecule has 0 unspecified atom stereocenters. The van der Waals surface area contributed by atoms with Crippen LogP contribution in [0, 0.1) is 7.14 Å². The molecular weight excluding hydrogens is 566 g/mol. The summed E-state index contributed by atoms with van der Waals surface area (Å²) in [5, 5.41) is 3.99. The second kappa shape index (κ2) is 7.55. The smallest absolute Gasteiger partial charge is 0.347 e. The molecule has 0 spiro atoms. The first kappa shape index (κ1) is 18.4. The van der Waals surface area contributed by atoms with Gasteiger partial charge in [0.25, 0.3) is 0 Å². The van der Waals surface area contributed by atoms with Crippen molar-refractivity contribution >= 4 is 78.7 Å². The van der Waals surface area contributed by atoms with Gasteiger partial charge in [-0.3, -0.25) is 0 Å². The van der Waals surface area contributed by atoms with Gasteiger partial charge in [0.2, 0.25) is 0 Å². The number of hydrogen-bond acceptors (Lipinski definition) is 3. The van der Waals surface area contributed by atoms with Crippen molar-refractivity contribution in [3.8, 4) is 0 Å². The fourth-order valence-corrected chi connectivity index (χ4v) is 4.76. The van der Waals surface area contributed by atoms with Crippen LogP contribution >= 0.6 is 45.2 Å². The fourth-order valence-electron chi connectivity index (χ4n) is 2.98. The van der Waals surface area contributed by atoms with Gasteiger partial charge in [0.05, 0.1) is 11.1 Å². The minimum Gasteiger partial charge on any atom is -0.386 e. The quantitative estimate of drug-likeness (QED) is 0.162. The first-order valence-electron chi connectivity index (χ1n) is 8.17. The summed E-state index contributed by atoms with van der Waals surface area (Å²) in [6.45, 7) is 0. The van der Waals surface area contributed by atoms with Crippen molar-refractivity contribution in [2.45, 2.75) is 0 Å². The molecule has 4 aromatic rings. The Morgan fingerprint density at radius 3 is 1.44 bits per heavy atom. The molecule has 0 amide bonds. The van der Waals surface area contributed by atoms with Gasteiger partial charge < -0.3 is 4.74 Å². The van der Waals surface area contributed by atoms with E-state index in [-0.39, 0.29) is 0 Å². The highest BCUT2D eigenvalue weighted by molar-refractivity contribution is 14.1. The zero-order chi connectivity index (χ0) is 19.0. The molecule has 0 N–H and O–H groups in total. The van der Waals surface area contributed by atoms with Crippen LogP contribution in [0.15, 0.2) is 72.8 Å². The fraction of sp³-hybridized carbons (Fsp3) is 0. The summed E-state index contributed by atoms with van der Waals surface area (Å²) in [5.41, 5.74) is 0.775. The Bertz CT molecular complexity index is 1120. The van der Waals surface area contributed by atoms with Crippen LogP contribution < -0.4 is 0 Å². The number of rotatable bonds is 2. The lowest BCUT2D eigenvalue weighted by molar-refractivity contribution is 0.0396. The number of carbonyl (C=O) groups is 2. The maximum absolute atomic E-state index is 12.6. The summed E-state index contributed by atoms with van der Waals surface area (Å²) in [6.07, 6.45) is 0. The third-order valence-electron chi connectivity index (χ3n) is 4.35. The van der Waals surface area contributed by atoms with E-state index in [0.29, 0.717) is 11.1 Å². The zero-order valence-electron chi connectivity index (χ0n) is 13.9. The van der Waals surface area contributed by atoms with Crippen molar-refractivity contribution in [3.63, 3.8) is 0 Å². The Morgan fingerprint density at radius 1 is 0.593 bits per heavy atom. The maximum atomic E-state index is 12.6. The number of benzene rings is 4. The normalized spacial score (nSPS) is 10.9. The second-order valence-electron chi connectivity index (χ2n) is 5.97. The first-order valence-corrected chi connectivity index (χ1v) is 10.3. The lowest BCUT2D eigenvalue weighted by atomic mass is 10.1. The molecule has 0 fully saturated rings. The first-order chi connectivity index (χ1) is 13.1. The Balaban J connectivity index is 1.66. The van der Waals surface area contributed by atoms with Gasteiger partial charge in [-0.05, 0) is 78.9 Å². The number of esters is 2. The topological polar surface area (TPSA) is 43.4 Å². The van der Waals surface area contributed by atoms with Crippen LogP contribution in [0.25, 0.3) is 21.5 Å². The molecule has 4 rings (SSSR count). The SMILES string of the molecule is O=C(OC(=O)c1ccc2ccccc2c1I)c1ccc2ccccc2c1I. The van der Waals surface area contributed by atoms with E-state index in [2.05, 4.69) is 45.2 Å². The number of halogens is 2. The molecule has 0 aliphatic heterocycles. The Hall–Kier alpha value is -2.00. The average Bonchev–Trinajstić information content (AvgIpc) is 2.68. The van der Waals surface area contributed by atoms with Gasteiger partial charge in [0.1, 0.15) is 0 Å². The molecule has 132 valence electrons. The molecule has 27 heavy (non-hydrogen) atoms. The van der Waals surface area contributed by atoms with Crippen molar-refractivity contribution in [2.24, 2.45) is 0 Å². The van der Waals surface area contributed by atoms with Crippen LogP contribution in [0.3, 0.4) is 0 Å². The summed E-state index contributed by atoms with van der Waals surface area (Å²) in [5.74, 6) is -1.28. The summed E-state index contributed by atoms with van der Waals surface area (Å²) in [4.78, 5) is 25.2. The summed E-state index contributed by atoms with van der Waals surface area (Å²) in [6, 6.07) is 22.7. The Morgan fingerprint density at radius 2 is 1.00 bits per heavy atom. The third kappa shape index (κ3) is 3.45. The summed E-state index contributed by atoms with van der Waals surface area (Å²) >= 11 is 4.24. The van der Waals surface area contributed by atoms with E-state index < -0.39 is 11.9 Å². The number of fused-ring (bicyclic) bond motifs is 2. The van der Waals surface area contributed by atoms with E-state index in [0.717, 1.165) is 28.7 Å². The third-order valence-corrected chi connectivity index (χ3v) is 6.68. The van der Waals surface area contributed by atoms with Gasteiger partial charge in [0.15, 0.2) is 0 Å². The van der Waals surface area contributed by atoms with Gasteiger partial charge in [-0.25, -0.2) is 9.59 Å². The van der Waals surface area contributed by atoms with E-state index in [1.165, 1.54) is 0 Å². The molecule has 3 nitrogen and oxygen atoms in total. The van der Waals surface area contributed by atoms with Gasteiger partial charge >= 0.3 is 11.9 Å². The van der Waals surface area contributed by atoms with Crippen molar-refractivity contribution in [1.29, 1.82) is 0 Å². The van der Waals surface area contributed by atoms with Crippen LogP contribution in [0.1, 0.15) is 20.7 Å².